The van der Waals surface area contributed by atoms with Crippen LogP contribution in [0.4, 0.5) is 21.0 Å². The Labute approximate surface area is 193 Å². The van der Waals surface area contributed by atoms with Crippen LogP contribution in [0.2, 0.25) is 0 Å². The minimum Gasteiger partial charge on any atom is -0.457 e. The van der Waals surface area contributed by atoms with Gasteiger partial charge in [0.25, 0.3) is 0 Å². The molecule has 0 unspecified atom stereocenters. The fourth-order valence-corrected chi connectivity index (χ4v) is 4.58. The van der Waals surface area contributed by atoms with Crippen LogP contribution in [0.15, 0.2) is 65.1 Å². The highest BCUT2D eigenvalue weighted by Gasteiger charge is 2.14. The van der Waals surface area contributed by atoms with Gasteiger partial charge in [-0.3, -0.25) is 14.9 Å². The predicted octanol–water partition coefficient (Wildman–Crippen LogP) is 5.17. The number of thioether (sulfide) groups is 1. The molecule has 0 spiro atoms. The van der Waals surface area contributed by atoms with Crippen molar-refractivity contribution in [1.29, 1.82) is 0 Å². The van der Waals surface area contributed by atoms with Crippen molar-refractivity contribution >= 4 is 61.3 Å². The normalized spacial score (nSPS) is 10.5. The van der Waals surface area contributed by atoms with Crippen LogP contribution in [0.5, 0.6) is 11.5 Å². The van der Waals surface area contributed by atoms with Crippen LogP contribution in [0.3, 0.4) is 0 Å². The molecule has 0 radical (unpaired) electrons. The van der Waals surface area contributed by atoms with E-state index >= 15 is 0 Å². The number of thiazole rings is 1. The summed E-state index contributed by atoms with van der Waals surface area (Å²) in [5, 5.41) is 25.1. The van der Waals surface area contributed by atoms with Gasteiger partial charge in [-0.2, -0.15) is 0 Å². The summed E-state index contributed by atoms with van der Waals surface area (Å²) >= 11 is 3.32. The maximum absolute atomic E-state index is 12.0. The number of ether oxygens (including phenoxy) is 1. The lowest BCUT2D eigenvalue weighted by atomic mass is 10.3. The van der Waals surface area contributed by atoms with Gasteiger partial charge in [-0.25, -0.2) is 4.98 Å². The van der Waals surface area contributed by atoms with Gasteiger partial charge >= 0.3 is 5.00 Å². The maximum Gasteiger partial charge on any atom is 0.345 e. The van der Waals surface area contributed by atoms with Crippen molar-refractivity contribution in [3.63, 3.8) is 0 Å². The lowest BCUT2D eigenvalue weighted by Crippen LogP contribution is -2.13. The highest BCUT2D eigenvalue weighted by molar-refractivity contribution is 8.01. The number of nitrogens with one attached hydrogen (secondary N) is 2. The fourth-order valence-electron chi connectivity index (χ4n) is 2.36. The van der Waals surface area contributed by atoms with Crippen molar-refractivity contribution in [2.45, 2.75) is 4.34 Å². The van der Waals surface area contributed by atoms with E-state index in [1.165, 1.54) is 23.1 Å². The minimum atomic E-state index is -0.554. The van der Waals surface area contributed by atoms with Crippen LogP contribution in [0.1, 0.15) is 0 Å². The fraction of sp³-hybridized carbons (Fsp3) is 0.0526. The summed E-state index contributed by atoms with van der Waals surface area (Å²) < 4.78 is 6.37. The standard InChI is InChI=1S/C19H14N6O4S3/c26-15(22-17-20-10-16(31-17)25(27)28)11-30-19-24-23-18(32-19)21-12-6-8-14(9-7-12)29-13-4-2-1-3-5-13/h1-10H,11H2,(H,21,23)(H,20,22,26). The van der Waals surface area contributed by atoms with Gasteiger partial charge in [0.05, 0.1) is 10.7 Å². The molecular weight excluding hydrogens is 472 g/mol. The van der Waals surface area contributed by atoms with Gasteiger partial charge in [0.15, 0.2) is 9.47 Å². The third-order valence-electron chi connectivity index (χ3n) is 3.74. The molecule has 4 aromatic rings. The maximum atomic E-state index is 12.0. The van der Waals surface area contributed by atoms with Crippen molar-refractivity contribution < 1.29 is 14.5 Å². The highest BCUT2D eigenvalue weighted by atomic mass is 32.2. The van der Waals surface area contributed by atoms with Gasteiger partial charge in [0, 0.05) is 5.69 Å². The van der Waals surface area contributed by atoms with E-state index in [9.17, 15) is 14.9 Å². The number of anilines is 3. The number of aromatic nitrogens is 3. The van der Waals surface area contributed by atoms with Gasteiger partial charge in [0.1, 0.15) is 17.7 Å². The van der Waals surface area contributed by atoms with Crippen LogP contribution in [0, 0.1) is 10.1 Å². The largest absolute Gasteiger partial charge is 0.457 e. The number of carbonyl (C=O) groups is 1. The first kappa shape index (κ1) is 21.7. The molecule has 2 N–H and O–H groups in total. The minimum absolute atomic E-state index is 0.0769. The monoisotopic (exact) mass is 486 g/mol. The molecular formula is C19H14N6O4S3. The Kier molecular flexibility index (Phi) is 6.89. The van der Waals surface area contributed by atoms with Crippen molar-refractivity contribution in [2.75, 3.05) is 16.4 Å². The summed E-state index contributed by atoms with van der Waals surface area (Å²) in [5.41, 5.74) is 0.821. The Balaban J connectivity index is 1.26. The highest BCUT2D eigenvalue weighted by Crippen LogP contribution is 2.30. The number of carbonyl (C=O) groups excluding carboxylic acids is 1. The number of amides is 1. The third kappa shape index (κ3) is 6.00. The van der Waals surface area contributed by atoms with Gasteiger partial charge in [0.2, 0.25) is 11.0 Å². The van der Waals surface area contributed by atoms with E-state index in [1.807, 2.05) is 54.6 Å². The van der Waals surface area contributed by atoms with E-state index in [4.69, 9.17) is 4.74 Å². The van der Waals surface area contributed by atoms with E-state index in [1.54, 1.807) is 0 Å². The second-order valence-electron chi connectivity index (χ2n) is 6.04. The molecule has 2 heterocycles. The first-order valence-corrected chi connectivity index (χ1v) is 11.6. The third-order valence-corrected chi connectivity index (χ3v) is 6.57. The molecule has 2 aromatic carbocycles. The summed E-state index contributed by atoms with van der Waals surface area (Å²) in [7, 11) is 0. The van der Waals surface area contributed by atoms with Crippen molar-refractivity contribution in [1.82, 2.24) is 15.2 Å². The molecule has 0 aliphatic carbocycles. The number of nitrogens with zero attached hydrogens (tertiary/aromatic N) is 4. The molecule has 0 aliphatic rings. The summed E-state index contributed by atoms with van der Waals surface area (Å²) in [6, 6.07) is 16.9. The van der Waals surface area contributed by atoms with Crippen LogP contribution >= 0.6 is 34.4 Å². The molecule has 1 amide bonds. The molecule has 13 heteroatoms. The Bertz CT molecular complexity index is 1210. The van der Waals surface area contributed by atoms with Crippen LogP contribution in [-0.2, 0) is 4.79 Å². The van der Waals surface area contributed by atoms with E-state index in [-0.39, 0.29) is 21.8 Å². The summed E-state index contributed by atoms with van der Waals surface area (Å²) in [6.45, 7) is 0. The summed E-state index contributed by atoms with van der Waals surface area (Å²) in [4.78, 5) is 25.9. The number of para-hydroxylation sites is 1. The Morgan fingerprint density at radius 2 is 1.78 bits per heavy atom. The zero-order valence-corrected chi connectivity index (χ0v) is 18.6. The summed E-state index contributed by atoms with van der Waals surface area (Å²) in [6.07, 6.45) is 1.11. The molecule has 0 atom stereocenters. The van der Waals surface area contributed by atoms with E-state index < -0.39 is 4.92 Å². The van der Waals surface area contributed by atoms with Crippen LogP contribution in [0.25, 0.3) is 0 Å². The van der Waals surface area contributed by atoms with Gasteiger partial charge < -0.3 is 15.4 Å². The van der Waals surface area contributed by atoms with E-state index in [0.29, 0.717) is 15.2 Å². The molecule has 0 fully saturated rings. The van der Waals surface area contributed by atoms with Crippen molar-refractivity contribution in [3.05, 3.63) is 70.9 Å². The number of rotatable bonds is 9. The van der Waals surface area contributed by atoms with Gasteiger partial charge in [-0.05, 0) is 47.7 Å². The van der Waals surface area contributed by atoms with E-state index in [0.717, 1.165) is 29.0 Å². The summed E-state index contributed by atoms with van der Waals surface area (Å²) in [5.74, 6) is 1.22. The zero-order chi connectivity index (χ0) is 22.3. The smallest absolute Gasteiger partial charge is 0.345 e. The Hall–Kier alpha value is -3.55. The van der Waals surface area contributed by atoms with Crippen LogP contribution in [-0.4, -0.2) is 31.8 Å². The van der Waals surface area contributed by atoms with Crippen LogP contribution < -0.4 is 15.4 Å². The van der Waals surface area contributed by atoms with Crippen molar-refractivity contribution in [3.8, 4) is 11.5 Å². The molecule has 0 bridgehead atoms. The van der Waals surface area contributed by atoms with Gasteiger partial charge in [-0.15, -0.1) is 10.2 Å². The first-order chi connectivity index (χ1) is 15.5. The lowest BCUT2D eigenvalue weighted by Gasteiger charge is -2.06. The SMILES string of the molecule is O=C(CSc1nnc(Nc2ccc(Oc3ccccc3)cc2)s1)Nc1ncc([N+](=O)[O-])s1. The molecule has 32 heavy (non-hydrogen) atoms. The van der Waals surface area contributed by atoms with Crippen molar-refractivity contribution in [2.24, 2.45) is 0 Å². The molecule has 10 nitrogen and oxygen atoms in total. The molecule has 2 aromatic heterocycles. The molecule has 162 valence electrons. The number of hydrogen-bond donors (Lipinski definition) is 2. The quantitative estimate of drug-likeness (QED) is 0.187. The molecule has 4 rings (SSSR count). The lowest BCUT2D eigenvalue weighted by molar-refractivity contribution is -0.380. The number of hydrogen-bond acceptors (Lipinski definition) is 11. The van der Waals surface area contributed by atoms with Gasteiger partial charge in [-0.1, -0.05) is 41.3 Å². The topological polar surface area (TPSA) is 132 Å². The Morgan fingerprint density at radius 1 is 1.03 bits per heavy atom. The first-order valence-electron chi connectivity index (χ1n) is 9.01. The average molecular weight is 487 g/mol. The molecule has 0 saturated heterocycles. The average Bonchev–Trinajstić information content (AvgIpc) is 3.44. The van der Waals surface area contributed by atoms with E-state index in [2.05, 4.69) is 25.8 Å². The second kappa shape index (κ2) is 10.2. The number of nitro groups is 1. The molecule has 0 saturated carbocycles. The number of benzene rings is 2. The predicted molar refractivity (Wildman–Crippen MR) is 124 cm³/mol. The Morgan fingerprint density at radius 3 is 2.50 bits per heavy atom. The second-order valence-corrected chi connectivity index (χ2v) is 9.24. The molecule has 0 aliphatic heterocycles. The zero-order valence-electron chi connectivity index (χ0n) is 16.1.